The first kappa shape index (κ1) is 11.0. The summed E-state index contributed by atoms with van der Waals surface area (Å²) in [5.41, 5.74) is 0.993. The standard InChI is InChI=1S/C10H12ClNO2/c11-9-4-2-1-3-8(9)5-6-12-10(14)7-13/h1-4,13H,5-7H2,(H,12,14). The van der Waals surface area contributed by atoms with Crippen LogP contribution in [0, 0.1) is 0 Å². The lowest BCUT2D eigenvalue weighted by Crippen LogP contribution is -2.28. The van der Waals surface area contributed by atoms with Gasteiger partial charge in [0.15, 0.2) is 0 Å². The molecule has 0 aromatic heterocycles. The molecule has 2 N–H and O–H groups in total. The zero-order chi connectivity index (χ0) is 10.4. The van der Waals surface area contributed by atoms with E-state index < -0.39 is 6.61 Å². The number of amides is 1. The minimum atomic E-state index is -0.470. The van der Waals surface area contributed by atoms with Crippen molar-refractivity contribution in [2.75, 3.05) is 13.2 Å². The molecule has 14 heavy (non-hydrogen) atoms. The van der Waals surface area contributed by atoms with Crippen LogP contribution < -0.4 is 5.32 Å². The van der Waals surface area contributed by atoms with Gasteiger partial charge in [0.1, 0.15) is 6.61 Å². The molecule has 4 heteroatoms. The summed E-state index contributed by atoms with van der Waals surface area (Å²) < 4.78 is 0. The van der Waals surface area contributed by atoms with Gasteiger partial charge in [-0.1, -0.05) is 29.8 Å². The third kappa shape index (κ3) is 3.36. The maximum atomic E-state index is 10.7. The molecule has 0 fully saturated rings. The molecule has 1 aromatic rings. The number of hydrogen-bond acceptors (Lipinski definition) is 2. The van der Waals surface area contributed by atoms with Crippen molar-refractivity contribution < 1.29 is 9.90 Å². The molecular weight excluding hydrogens is 202 g/mol. The maximum Gasteiger partial charge on any atom is 0.245 e. The normalized spacial score (nSPS) is 9.86. The van der Waals surface area contributed by atoms with E-state index in [0.717, 1.165) is 5.56 Å². The fourth-order valence-electron chi connectivity index (χ4n) is 1.09. The molecule has 1 rings (SSSR count). The fraction of sp³-hybridized carbons (Fsp3) is 0.300. The van der Waals surface area contributed by atoms with E-state index in [4.69, 9.17) is 16.7 Å². The summed E-state index contributed by atoms with van der Waals surface area (Å²) in [6.45, 7) is 0.0195. The van der Waals surface area contributed by atoms with E-state index in [1.54, 1.807) is 0 Å². The molecule has 0 spiro atoms. The van der Waals surface area contributed by atoms with E-state index in [1.807, 2.05) is 24.3 Å². The van der Waals surface area contributed by atoms with Crippen LogP contribution in [0.15, 0.2) is 24.3 Å². The molecule has 0 heterocycles. The van der Waals surface area contributed by atoms with Gasteiger partial charge in [-0.25, -0.2) is 0 Å². The van der Waals surface area contributed by atoms with Crippen LogP contribution >= 0.6 is 11.6 Å². The first-order chi connectivity index (χ1) is 6.74. The third-order valence-corrected chi connectivity index (χ3v) is 2.19. The molecule has 3 nitrogen and oxygen atoms in total. The molecule has 0 radical (unpaired) electrons. The summed E-state index contributed by atoms with van der Waals surface area (Å²) in [4.78, 5) is 10.7. The Morgan fingerprint density at radius 2 is 2.14 bits per heavy atom. The second-order valence-electron chi connectivity index (χ2n) is 2.85. The van der Waals surface area contributed by atoms with Crippen LogP contribution in [0.3, 0.4) is 0 Å². The van der Waals surface area contributed by atoms with Crippen molar-refractivity contribution in [3.05, 3.63) is 34.9 Å². The number of rotatable bonds is 4. The highest BCUT2D eigenvalue weighted by Gasteiger charge is 2.00. The van der Waals surface area contributed by atoms with E-state index in [1.165, 1.54) is 0 Å². The van der Waals surface area contributed by atoms with Crippen molar-refractivity contribution in [2.24, 2.45) is 0 Å². The number of benzene rings is 1. The molecule has 76 valence electrons. The van der Waals surface area contributed by atoms with E-state index >= 15 is 0 Å². The third-order valence-electron chi connectivity index (χ3n) is 1.82. The number of carbonyl (C=O) groups excluding carboxylic acids is 1. The highest BCUT2D eigenvalue weighted by molar-refractivity contribution is 6.31. The van der Waals surface area contributed by atoms with Crippen LogP contribution in [0.1, 0.15) is 5.56 Å². The van der Waals surface area contributed by atoms with Crippen LogP contribution in [0.2, 0.25) is 5.02 Å². The van der Waals surface area contributed by atoms with Crippen molar-refractivity contribution >= 4 is 17.5 Å². The number of aliphatic hydroxyl groups excluding tert-OH is 1. The molecule has 0 unspecified atom stereocenters. The molecule has 0 aliphatic rings. The van der Waals surface area contributed by atoms with Crippen LogP contribution in [0.4, 0.5) is 0 Å². The Bertz CT molecular complexity index is 315. The molecule has 1 amide bonds. The maximum absolute atomic E-state index is 10.7. The fourth-order valence-corrected chi connectivity index (χ4v) is 1.32. The van der Waals surface area contributed by atoms with Crippen LogP contribution in [0.25, 0.3) is 0 Å². The van der Waals surface area contributed by atoms with Gasteiger partial charge in [-0.05, 0) is 18.1 Å². The Balaban J connectivity index is 2.39. The molecule has 0 saturated carbocycles. The largest absolute Gasteiger partial charge is 0.387 e. The topological polar surface area (TPSA) is 49.3 Å². The van der Waals surface area contributed by atoms with Crippen molar-refractivity contribution in [1.29, 1.82) is 0 Å². The van der Waals surface area contributed by atoms with Crippen molar-refractivity contribution in [1.82, 2.24) is 5.32 Å². The minimum Gasteiger partial charge on any atom is -0.387 e. The highest BCUT2D eigenvalue weighted by atomic mass is 35.5. The Morgan fingerprint density at radius 3 is 2.79 bits per heavy atom. The second-order valence-corrected chi connectivity index (χ2v) is 3.26. The summed E-state index contributed by atoms with van der Waals surface area (Å²) in [5, 5.41) is 11.7. The summed E-state index contributed by atoms with van der Waals surface area (Å²) >= 11 is 5.91. The molecule has 0 atom stereocenters. The number of halogens is 1. The molecule has 0 saturated heterocycles. The lowest BCUT2D eigenvalue weighted by molar-refractivity contribution is -0.123. The van der Waals surface area contributed by atoms with E-state index in [0.29, 0.717) is 18.0 Å². The van der Waals surface area contributed by atoms with Gasteiger partial charge in [0.25, 0.3) is 0 Å². The molecule has 1 aromatic carbocycles. The quantitative estimate of drug-likeness (QED) is 0.784. The molecular formula is C10H12ClNO2. The van der Waals surface area contributed by atoms with Gasteiger partial charge in [0.2, 0.25) is 5.91 Å². The molecule has 0 aliphatic heterocycles. The first-order valence-electron chi connectivity index (χ1n) is 4.35. The predicted octanol–water partition coefficient (Wildman–Crippen LogP) is 0.991. The lowest BCUT2D eigenvalue weighted by atomic mass is 10.1. The second kappa shape index (κ2) is 5.62. The van der Waals surface area contributed by atoms with Crippen LogP contribution in [-0.2, 0) is 11.2 Å². The first-order valence-corrected chi connectivity index (χ1v) is 4.73. The molecule has 0 bridgehead atoms. The Labute approximate surface area is 87.7 Å². The van der Waals surface area contributed by atoms with Gasteiger partial charge >= 0.3 is 0 Å². The van der Waals surface area contributed by atoms with Crippen molar-refractivity contribution in [3.63, 3.8) is 0 Å². The highest BCUT2D eigenvalue weighted by Crippen LogP contribution is 2.14. The Morgan fingerprint density at radius 1 is 1.43 bits per heavy atom. The van der Waals surface area contributed by atoms with Gasteiger partial charge in [-0.2, -0.15) is 0 Å². The van der Waals surface area contributed by atoms with Gasteiger partial charge in [-0.3, -0.25) is 4.79 Å². The number of nitrogens with one attached hydrogen (secondary N) is 1. The predicted molar refractivity (Wildman–Crippen MR) is 55.3 cm³/mol. The van der Waals surface area contributed by atoms with Crippen LogP contribution in [-0.4, -0.2) is 24.2 Å². The number of carbonyl (C=O) groups is 1. The average molecular weight is 214 g/mol. The zero-order valence-corrected chi connectivity index (χ0v) is 8.42. The monoisotopic (exact) mass is 213 g/mol. The lowest BCUT2D eigenvalue weighted by Gasteiger charge is -2.04. The zero-order valence-electron chi connectivity index (χ0n) is 7.66. The SMILES string of the molecule is O=C(CO)NCCc1ccccc1Cl. The number of hydrogen-bond donors (Lipinski definition) is 2. The van der Waals surface area contributed by atoms with Crippen molar-refractivity contribution in [3.8, 4) is 0 Å². The smallest absolute Gasteiger partial charge is 0.245 e. The summed E-state index contributed by atoms with van der Waals surface area (Å²) in [7, 11) is 0. The summed E-state index contributed by atoms with van der Waals surface area (Å²) in [5.74, 6) is -0.364. The van der Waals surface area contributed by atoms with Gasteiger partial charge < -0.3 is 10.4 Å². The summed E-state index contributed by atoms with van der Waals surface area (Å²) in [6, 6.07) is 7.48. The number of aliphatic hydroxyl groups is 1. The van der Waals surface area contributed by atoms with Crippen LogP contribution in [0.5, 0.6) is 0 Å². The van der Waals surface area contributed by atoms with Gasteiger partial charge in [-0.15, -0.1) is 0 Å². The van der Waals surface area contributed by atoms with E-state index in [9.17, 15) is 4.79 Å². The molecule has 0 aliphatic carbocycles. The van der Waals surface area contributed by atoms with Gasteiger partial charge in [0.05, 0.1) is 0 Å². The Kier molecular flexibility index (Phi) is 4.43. The van der Waals surface area contributed by atoms with E-state index in [-0.39, 0.29) is 5.91 Å². The van der Waals surface area contributed by atoms with Crippen molar-refractivity contribution in [2.45, 2.75) is 6.42 Å². The van der Waals surface area contributed by atoms with E-state index in [2.05, 4.69) is 5.32 Å². The summed E-state index contributed by atoms with van der Waals surface area (Å²) in [6.07, 6.45) is 0.672. The average Bonchev–Trinajstić information content (AvgIpc) is 2.20. The minimum absolute atomic E-state index is 0.364. The van der Waals surface area contributed by atoms with Gasteiger partial charge in [0, 0.05) is 11.6 Å². The Hall–Kier alpha value is -1.06.